The molecule has 2 N–H and O–H groups in total. The van der Waals surface area contributed by atoms with E-state index in [-0.39, 0.29) is 5.82 Å². The van der Waals surface area contributed by atoms with Gasteiger partial charge in [0.2, 0.25) is 5.91 Å². The van der Waals surface area contributed by atoms with E-state index >= 15 is 0 Å². The third-order valence-electron chi connectivity index (χ3n) is 5.66. The van der Waals surface area contributed by atoms with Gasteiger partial charge in [-0.15, -0.1) is 0 Å². The summed E-state index contributed by atoms with van der Waals surface area (Å²) in [6, 6.07) is 27.9. The number of fused-ring (bicyclic) bond motifs is 3. The van der Waals surface area contributed by atoms with Crippen LogP contribution in [0.5, 0.6) is 5.75 Å². The lowest BCUT2D eigenvalue weighted by Gasteiger charge is -2.14. The van der Waals surface area contributed by atoms with Crippen molar-refractivity contribution in [2.45, 2.75) is 13.2 Å². The Morgan fingerprint density at radius 3 is 2.47 bits per heavy atom. The van der Waals surface area contributed by atoms with E-state index in [1.165, 1.54) is 12.1 Å². The molecule has 5 aromatic rings. The number of benzene rings is 4. The fourth-order valence-corrected chi connectivity index (χ4v) is 4.18. The van der Waals surface area contributed by atoms with E-state index in [9.17, 15) is 9.18 Å². The highest BCUT2D eigenvalue weighted by Crippen LogP contribution is 2.34. The summed E-state index contributed by atoms with van der Waals surface area (Å²) in [4.78, 5) is 12.1. The van der Waals surface area contributed by atoms with Gasteiger partial charge in [-0.3, -0.25) is 4.79 Å². The first-order valence-corrected chi connectivity index (χ1v) is 10.4. The van der Waals surface area contributed by atoms with Crippen LogP contribution in [-0.2, 0) is 13.2 Å². The maximum atomic E-state index is 14.1. The smallest absolute Gasteiger partial charge is 0.249 e. The molecule has 1 aromatic heterocycles. The van der Waals surface area contributed by atoms with E-state index < -0.39 is 5.91 Å². The summed E-state index contributed by atoms with van der Waals surface area (Å²) in [7, 11) is 0. The van der Waals surface area contributed by atoms with Crippen LogP contribution in [0.3, 0.4) is 0 Å². The Kier molecular flexibility index (Phi) is 5.07. The highest BCUT2D eigenvalue weighted by atomic mass is 19.1. The molecule has 5 heteroatoms. The summed E-state index contributed by atoms with van der Waals surface area (Å²) in [5, 5.41) is 1.33. The van der Waals surface area contributed by atoms with Crippen LogP contribution in [0, 0.1) is 5.82 Å². The number of rotatable bonds is 6. The molecule has 1 heterocycles. The van der Waals surface area contributed by atoms with Crippen molar-refractivity contribution in [2.75, 3.05) is 0 Å². The second kappa shape index (κ2) is 8.19. The second-order valence-corrected chi connectivity index (χ2v) is 7.69. The zero-order chi connectivity index (χ0) is 22.1. The zero-order valence-corrected chi connectivity index (χ0v) is 17.3. The maximum Gasteiger partial charge on any atom is 0.249 e. The minimum atomic E-state index is -0.537. The standard InChI is InChI=1S/C27H21FN2O2/c28-20-13-14-23-22(15-20)26-21(27(29)31)10-6-11-24(26)30(23)16-19-9-4-5-12-25(19)32-17-18-7-2-1-3-8-18/h1-15H,16-17H2,(H2,29,31). The van der Waals surface area contributed by atoms with E-state index in [1.807, 2.05) is 60.7 Å². The number of hydrogen-bond donors (Lipinski definition) is 1. The van der Waals surface area contributed by atoms with Crippen LogP contribution in [0.1, 0.15) is 21.5 Å². The second-order valence-electron chi connectivity index (χ2n) is 7.69. The van der Waals surface area contributed by atoms with E-state index in [2.05, 4.69) is 4.57 Å². The molecule has 0 aliphatic rings. The summed E-state index contributed by atoms with van der Waals surface area (Å²) in [5.74, 6) is -0.118. The SMILES string of the molecule is NC(=O)c1cccc2c1c1cc(F)ccc1n2Cc1ccccc1OCc1ccccc1. The largest absolute Gasteiger partial charge is 0.489 e. The summed E-state index contributed by atoms with van der Waals surface area (Å²) < 4.78 is 22.3. The van der Waals surface area contributed by atoms with Gasteiger partial charge in [0.25, 0.3) is 0 Å². The van der Waals surface area contributed by atoms with E-state index in [0.29, 0.717) is 29.5 Å². The lowest BCUT2D eigenvalue weighted by molar-refractivity contribution is 0.100. The fourth-order valence-electron chi connectivity index (χ4n) is 4.18. The predicted molar refractivity (Wildman–Crippen MR) is 124 cm³/mol. The van der Waals surface area contributed by atoms with E-state index in [4.69, 9.17) is 10.5 Å². The number of nitrogens with two attached hydrogens (primary N) is 1. The van der Waals surface area contributed by atoms with Gasteiger partial charge in [0.15, 0.2) is 0 Å². The molecular formula is C27H21FN2O2. The Morgan fingerprint density at radius 2 is 1.66 bits per heavy atom. The van der Waals surface area contributed by atoms with Crippen molar-refractivity contribution in [3.05, 3.63) is 114 Å². The van der Waals surface area contributed by atoms with Crippen LogP contribution < -0.4 is 10.5 Å². The predicted octanol–water partition coefficient (Wildman–Crippen LogP) is 5.66. The van der Waals surface area contributed by atoms with Crippen LogP contribution >= 0.6 is 0 Å². The van der Waals surface area contributed by atoms with Gasteiger partial charge < -0.3 is 15.0 Å². The normalized spacial score (nSPS) is 11.2. The van der Waals surface area contributed by atoms with Crippen molar-refractivity contribution >= 4 is 27.7 Å². The number of amides is 1. The molecule has 0 saturated heterocycles. The van der Waals surface area contributed by atoms with Crippen molar-refractivity contribution in [2.24, 2.45) is 5.73 Å². The Balaban J connectivity index is 1.61. The van der Waals surface area contributed by atoms with Crippen LogP contribution in [0.15, 0.2) is 91.0 Å². The average Bonchev–Trinajstić information content (AvgIpc) is 3.12. The monoisotopic (exact) mass is 424 g/mol. The number of carbonyl (C=O) groups excluding carboxylic acids is 1. The van der Waals surface area contributed by atoms with Gasteiger partial charge >= 0.3 is 0 Å². The number of ether oxygens (including phenoxy) is 1. The molecule has 0 aliphatic heterocycles. The van der Waals surface area contributed by atoms with Crippen molar-refractivity contribution in [1.29, 1.82) is 0 Å². The van der Waals surface area contributed by atoms with Gasteiger partial charge in [-0.25, -0.2) is 4.39 Å². The highest BCUT2D eigenvalue weighted by molar-refractivity contribution is 6.17. The van der Waals surface area contributed by atoms with Crippen LogP contribution in [0.4, 0.5) is 4.39 Å². The quantitative estimate of drug-likeness (QED) is 0.382. The van der Waals surface area contributed by atoms with Gasteiger partial charge in [-0.2, -0.15) is 0 Å². The topological polar surface area (TPSA) is 57.2 Å². The summed E-state index contributed by atoms with van der Waals surface area (Å²) in [5.41, 5.74) is 9.72. The number of halogens is 1. The Labute approximate surface area is 184 Å². The highest BCUT2D eigenvalue weighted by Gasteiger charge is 2.18. The van der Waals surface area contributed by atoms with E-state index in [0.717, 1.165) is 27.9 Å². The number of hydrogen-bond acceptors (Lipinski definition) is 2. The van der Waals surface area contributed by atoms with Crippen LogP contribution in [-0.4, -0.2) is 10.5 Å². The first kappa shape index (κ1) is 19.8. The van der Waals surface area contributed by atoms with E-state index in [1.54, 1.807) is 18.2 Å². The average molecular weight is 424 g/mol. The number of aromatic nitrogens is 1. The molecule has 4 aromatic carbocycles. The lowest BCUT2D eigenvalue weighted by Crippen LogP contribution is -2.11. The van der Waals surface area contributed by atoms with Gasteiger partial charge in [0, 0.05) is 27.4 Å². The Bertz CT molecular complexity index is 1440. The van der Waals surface area contributed by atoms with Crippen molar-refractivity contribution < 1.29 is 13.9 Å². The van der Waals surface area contributed by atoms with Crippen molar-refractivity contribution in [3.8, 4) is 5.75 Å². The molecule has 0 aliphatic carbocycles. The maximum absolute atomic E-state index is 14.1. The van der Waals surface area contributed by atoms with Crippen molar-refractivity contribution in [1.82, 2.24) is 4.57 Å². The molecular weight excluding hydrogens is 403 g/mol. The van der Waals surface area contributed by atoms with Gasteiger partial charge in [0.1, 0.15) is 18.2 Å². The molecule has 0 atom stereocenters. The molecule has 32 heavy (non-hydrogen) atoms. The first-order chi connectivity index (χ1) is 15.6. The van der Waals surface area contributed by atoms with Gasteiger partial charge in [-0.05, 0) is 42.0 Å². The lowest BCUT2D eigenvalue weighted by atomic mass is 10.1. The number of nitrogens with zero attached hydrogens (tertiary/aromatic N) is 1. The molecule has 0 unspecified atom stereocenters. The van der Waals surface area contributed by atoms with Gasteiger partial charge in [-0.1, -0.05) is 54.6 Å². The summed E-state index contributed by atoms with van der Waals surface area (Å²) >= 11 is 0. The molecule has 0 saturated carbocycles. The zero-order valence-electron chi connectivity index (χ0n) is 17.3. The molecule has 0 fully saturated rings. The summed E-state index contributed by atoms with van der Waals surface area (Å²) in [6.45, 7) is 0.959. The molecule has 0 radical (unpaired) electrons. The summed E-state index contributed by atoms with van der Waals surface area (Å²) in [6.07, 6.45) is 0. The van der Waals surface area contributed by atoms with Gasteiger partial charge in [0.05, 0.1) is 12.1 Å². The Hall–Kier alpha value is -4.12. The molecule has 158 valence electrons. The molecule has 1 amide bonds. The Morgan fingerprint density at radius 1 is 0.875 bits per heavy atom. The third-order valence-corrected chi connectivity index (χ3v) is 5.66. The molecule has 4 nitrogen and oxygen atoms in total. The first-order valence-electron chi connectivity index (χ1n) is 10.4. The molecule has 5 rings (SSSR count). The minimum Gasteiger partial charge on any atom is -0.489 e. The van der Waals surface area contributed by atoms with Crippen LogP contribution in [0.25, 0.3) is 21.8 Å². The number of para-hydroxylation sites is 1. The van der Waals surface area contributed by atoms with Crippen molar-refractivity contribution in [3.63, 3.8) is 0 Å². The number of carbonyl (C=O) groups is 1. The molecule has 0 spiro atoms. The van der Waals surface area contributed by atoms with Crippen LogP contribution in [0.2, 0.25) is 0 Å². The number of primary amides is 1. The molecule has 0 bridgehead atoms. The fraction of sp³-hybridized carbons (Fsp3) is 0.0741. The minimum absolute atomic E-state index is 0.359. The third kappa shape index (κ3) is 3.58.